The summed E-state index contributed by atoms with van der Waals surface area (Å²) >= 11 is 0. The summed E-state index contributed by atoms with van der Waals surface area (Å²) in [7, 11) is 1.99. The summed E-state index contributed by atoms with van der Waals surface area (Å²) < 4.78 is 5.75. The summed E-state index contributed by atoms with van der Waals surface area (Å²) in [4.78, 5) is 3.99. The van der Waals surface area contributed by atoms with E-state index < -0.39 is 0 Å². The minimum absolute atomic E-state index is 0.411. The zero-order valence-corrected chi connectivity index (χ0v) is 11.5. The van der Waals surface area contributed by atoms with Crippen LogP contribution in [-0.2, 0) is 6.61 Å². The number of benzene rings is 1. The van der Waals surface area contributed by atoms with E-state index in [1.54, 1.807) is 12.4 Å². The molecule has 0 aliphatic heterocycles. The monoisotopic (exact) mass is 256 g/mol. The molecule has 100 valence electrons. The highest BCUT2D eigenvalue weighted by molar-refractivity contribution is 5.29. The van der Waals surface area contributed by atoms with Crippen LogP contribution in [0, 0.1) is 0 Å². The number of rotatable bonds is 6. The SMILES string of the molecule is CCC(NC)c1ccc(OCc2ccncc2)cc1. The average molecular weight is 256 g/mol. The summed E-state index contributed by atoms with van der Waals surface area (Å²) in [5.41, 5.74) is 2.42. The lowest BCUT2D eigenvalue weighted by Gasteiger charge is -2.14. The fraction of sp³-hybridized carbons (Fsp3) is 0.312. The van der Waals surface area contributed by atoms with E-state index in [1.165, 1.54) is 5.56 Å². The van der Waals surface area contributed by atoms with Gasteiger partial charge in [0.05, 0.1) is 0 Å². The molecule has 2 rings (SSSR count). The third-order valence-electron chi connectivity index (χ3n) is 3.19. The van der Waals surface area contributed by atoms with E-state index in [2.05, 4.69) is 29.4 Å². The van der Waals surface area contributed by atoms with Gasteiger partial charge in [-0.25, -0.2) is 0 Å². The van der Waals surface area contributed by atoms with Crippen LogP contribution in [0.15, 0.2) is 48.8 Å². The van der Waals surface area contributed by atoms with E-state index in [1.807, 2.05) is 31.3 Å². The molecule has 0 bridgehead atoms. The predicted octanol–water partition coefficient (Wildman–Crippen LogP) is 3.33. The highest BCUT2D eigenvalue weighted by Gasteiger charge is 2.05. The Bertz CT molecular complexity index is 478. The molecule has 2 aromatic rings. The molecule has 1 unspecified atom stereocenters. The van der Waals surface area contributed by atoms with Crippen molar-refractivity contribution in [3.8, 4) is 5.75 Å². The second kappa shape index (κ2) is 6.90. The maximum atomic E-state index is 5.75. The highest BCUT2D eigenvalue weighted by atomic mass is 16.5. The Balaban J connectivity index is 1.95. The van der Waals surface area contributed by atoms with Gasteiger partial charge in [0.15, 0.2) is 0 Å². The molecule has 1 atom stereocenters. The number of pyridine rings is 1. The fourth-order valence-electron chi connectivity index (χ4n) is 2.05. The van der Waals surface area contributed by atoms with Crippen LogP contribution in [0.25, 0.3) is 0 Å². The summed E-state index contributed by atoms with van der Waals surface area (Å²) in [5.74, 6) is 0.895. The Labute approximate surface area is 114 Å². The van der Waals surface area contributed by atoms with Gasteiger partial charge in [0.25, 0.3) is 0 Å². The lowest BCUT2D eigenvalue weighted by Crippen LogP contribution is -2.14. The van der Waals surface area contributed by atoms with Crippen LogP contribution in [0.5, 0.6) is 5.75 Å². The van der Waals surface area contributed by atoms with Crippen molar-refractivity contribution in [1.29, 1.82) is 0 Å². The van der Waals surface area contributed by atoms with Gasteiger partial charge < -0.3 is 10.1 Å². The molecule has 3 nitrogen and oxygen atoms in total. The zero-order valence-electron chi connectivity index (χ0n) is 11.5. The minimum Gasteiger partial charge on any atom is -0.489 e. The van der Waals surface area contributed by atoms with Crippen LogP contribution < -0.4 is 10.1 Å². The molecular weight excluding hydrogens is 236 g/mol. The molecule has 0 amide bonds. The Hall–Kier alpha value is -1.87. The Morgan fingerprint density at radius 2 is 1.79 bits per heavy atom. The third kappa shape index (κ3) is 3.80. The van der Waals surface area contributed by atoms with Gasteiger partial charge in [0.2, 0.25) is 0 Å². The van der Waals surface area contributed by atoms with Crippen molar-refractivity contribution in [2.45, 2.75) is 26.0 Å². The third-order valence-corrected chi connectivity index (χ3v) is 3.19. The first-order valence-corrected chi connectivity index (χ1v) is 6.62. The quantitative estimate of drug-likeness (QED) is 0.860. The van der Waals surface area contributed by atoms with Gasteiger partial charge in [-0.2, -0.15) is 0 Å². The van der Waals surface area contributed by atoms with Gasteiger partial charge in [-0.1, -0.05) is 19.1 Å². The molecule has 1 N–H and O–H groups in total. The number of nitrogens with one attached hydrogen (secondary N) is 1. The van der Waals surface area contributed by atoms with Gasteiger partial charge in [-0.05, 0) is 48.9 Å². The van der Waals surface area contributed by atoms with Crippen LogP contribution in [0.3, 0.4) is 0 Å². The van der Waals surface area contributed by atoms with Crippen molar-refractivity contribution < 1.29 is 4.74 Å². The lowest BCUT2D eigenvalue weighted by molar-refractivity contribution is 0.306. The topological polar surface area (TPSA) is 34.1 Å². The molecule has 3 heteroatoms. The van der Waals surface area contributed by atoms with Crippen molar-refractivity contribution in [3.05, 3.63) is 59.9 Å². The summed E-state index contributed by atoms with van der Waals surface area (Å²) in [6, 6.07) is 12.6. The van der Waals surface area contributed by atoms with Crippen molar-refractivity contribution >= 4 is 0 Å². The van der Waals surface area contributed by atoms with Crippen molar-refractivity contribution in [2.75, 3.05) is 7.05 Å². The van der Waals surface area contributed by atoms with Crippen LogP contribution >= 0.6 is 0 Å². The van der Waals surface area contributed by atoms with Gasteiger partial charge in [-0.15, -0.1) is 0 Å². The number of aromatic nitrogens is 1. The van der Waals surface area contributed by atoms with E-state index >= 15 is 0 Å². The van der Waals surface area contributed by atoms with E-state index in [0.717, 1.165) is 17.7 Å². The van der Waals surface area contributed by atoms with Crippen LogP contribution in [0.2, 0.25) is 0 Å². The number of ether oxygens (including phenoxy) is 1. The number of hydrogen-bond donors (Lipinski definition) is 1. The number of hydrogen-bond acceptors (Lipinski definition) is 3. The molecule has 0 radical (unpaired) electrons. The predicted molar refractivity (Wildman–Crippen MR) is 77.1 cm³/mol. The highest BCUT2D eigenvalue weighted by Crippen LogP contribution is 2.20. The number of nitrogens with zero attached hydrogens (tertiary/aromatic N) is 1. The van der Waals surface area contributed by atoms with E-state index in [9.17, 15) is 0 Å². The smallest absolute Gasteiger partial charge is 0.119 e. The zero-order chi connectivity index (χ0) is 13.5. The molecule has 1 aromatic carbocycles. The second-order valence-electron chi connectivity index (χ2n) is 4.46. The van der Waals surface area contributed by atoms with Crippen molar-refractivity contribution in [3.63, 3.8) is 0 Å². The molecule has 0 aliphatic rings. The summed E-state index contributed by atoms with van der Waals surface area (Å²) in [5, 5.41) is 3.30. The van der Waals surface area contributed by atoms with Gasteiger partial charge in [0, 0.05) is 18.4 Å². The molecule has 0 saturated heterocycles. The molecule has 0 aliphatic carbocycles. The van der Waals surface area contributed by atoms with Gasteiger partial charge in [0.1, 0.15) is 12.4 Å². The van der Waals surface area contributed by atoms with E-state index in [-0.39, 0.29) is 0 Å². The lowest BCUT2D eigenvalue weighted by atomic mass is 10.0. The minimum atomic E-state index is 0.411. The first kappa shape index (κ1) is 13.6. The summed E-state index contributed by atoms with van der Waals surface area (Å²) in [6.45, 7) is 2.75. The first-order chi connectivity index (χ1) is 9.33. The maximum Gasteiger partial charge on any atom is 0.119 e. The summed E-state index contributed by atoms with van der Waals surface area (Å²) in [6.07, 6.45) is 4.63. The normalized spacial score (nSPS) is 12.1. The molecular formula is C16H20N2O. The molecule has 0 spiro atoms. The second-order valence-corrected chi connectivity index (χ2v) is 4.46. The molecule has 0 fully saturated rings. The van der Waals surface area contributed by atoms with Crippen molar-refractivity contribution in [1.82, 2.24) is 10.3 Å². The van der Waals surface area contributed by atoms with E-state index in [0.29, 0.717) is 12.6 Å². The molecule has 0 saturated carbocycles. The Morgan fingerprint density at radius 1 is 1.11 bits per heavy atom. The first-order valence-electron chi connectivity index (χ1n) is 6.62. The Kier molecular flexibility index (Phi) is 4.93. The standard InChI is InChI=1S/C16H20N2O/c1-3-16(17-2)14-4-6-15(7-5-14)19-12-13-8-10-18-11-9-13/h4-11,16-17H,3,12H2,1-2H3. The van der Waals surface area contributed by atoms with Crippen LogP contribution in [-0.4, -0.2) is 12.0 Å². The molecule has 1 heterocycles. The van der Waals surface area contributed by atoms with Crippen molar-refractivity contribution in [2.24, 2.45) is 0 Å². The fourth-order valence-corrected chi connectivity index (χ4v) is 2.05. The van der Waals surface area contributed by atoms with Crippen LogP contribution in [0.1, 0.15) is 30.5 Å². The van der Waals surface area contributed by atoms with E-state index in [4.69, 9.17) is 4.74 Å². The average Bonchev–Trinajstić information content (AvgIpc) is 2.49. The van der Waals surface area contributed by atoms with Gasteiger partial charge >= 0.3 is 0 Å². The molecule has 19 heavy (non-hydrogen) atoms. The largest absolute Gasteiger partial charge is 0.489 e. The maximum absolute atomic E-state index is 5.75. The Morgan fingerprint density at radius 3 is 2.37 bits per heavy atom. The molecule has 1 aromatic heterocycles. The van der Waals surface area contributed by atoms with Gasteiger partial charge in [-0.3, -0.25) is 4.98 Å². The van der Waals surface area contributed by atoms with Crippen LogP contribution in [0.4, 0.5) is 0 Å².